The lowest BCUT2D eigenvalue weighted by atomic mass is 9.84. The van der Waals surface area contributed by atoms with Crippen molar-refractivity contribution in [2.24, 2.45) is 5.92 Å². The van der Waals surface area contributed by atoms with Gasteiger partial charge in [0, 0.05) is 38.6 Å². The van der Waals surface area contributed by atoms with Gasteiger partial charge >= 0.3 is 0 Å². The van der Waals surface area contributed by atoms with Crippen LogP contribution >= 0.6 is 0 Å². The second-order valence-corrected chi connectivity index (χ2v) is 8.89. The van der Waals surface area contributed by atoms with E-state index in [1.54, 1.807) is 53.6 Å². The number of pyridine rings is 1. The van der Waals surface area contributed by atoms with E-state index in [-0.39, 0.29) is 29.3 Å². The zero-order valence-corrected chi connectivity index (χ0v) is 20.1. The molecule has 2 aromatic carbocycles. The van der Waals surface area contributed by atoms with Crippen molar-refractivity contribution in [3.8, 4) is 5.75 Å². The number of carbonyl (C=O) groups excluding carboxylic acids is 2. The molecule has 3 aromatic rings. The van der Waals surface area contributed by atoms with E-state index in [0.29, 0.717) is 25.1 Å². The molecule has 1 aliphatic rings. The van der Waals surface area contributed by atoms with Crippen LogP contribution in [0.5, 0.6) is 5.75 Å². The third-order valence-corrected chi connectivity index (χ3v) is 6.78. The summed E-state index contributed by atoms with van der Waals surface area (Å²) in [6.45, 7) is 1.03. The van der Waals surface area contributed by atoms with E-state index in [1.807, 2.05) is 31.3 Å². The Morgan fingerprint density at radius 1 is 1.11 bits per heavy atom. The lowest BCUT2D eigenvalue weighted by molar-refractivity contribution is 0.0520. The van der Waals surface area contributed by atoms with Crippen LogP contribution in [0.25, 0.3) is 0 Å². The van der Waals surface area contributed by atoms with Gasteiger partial charge in [-0.25, -0.2) is 4.39 Å². The molecule has 7 heteroatoms. The van der Waals surface area contributed by atoms with Crippen molar-refractivity contribution in [3.63, 3.8) is 0 Å². The Kier molecular flexibility index (Phi) is 7.75. The third-order valence-electron chi connectivity index (χ3n) is 6.78. The van der Waals surface area contributed by atoms with Crippen molar-refractivity contribution in [2.45, 2.75) is 25.3 Å². The summed E-state index contributed by atoms with van der Waals surface area (Å²) in [5.74, 6) is 0.0724. The minimum atomic E-state index is -0.502. The Labute approximate surface area is 205 Å². The summed E-state index contributed by atoms with van der Waals surface area (Å²) in [7, 11) is 3.47. The van der Waals surface area contributed by atoms with Crippen molar-refractivity contribution in [1.29, 1.82) is 0 Å². The van der Waals surface area contributed by atoms with Crippen LogP contribution in [0.15, 0.2) is 73.1 Å². The van der Waals surface area contributed by atoms with Crippen molar-refractivity contribution < 1.29 is 18.7 Å². The first kappa shape index (κ1) is 24.4. The Balaban J connectivity index is 1.52. The van der Waals surface area contributed by atoms with Crippen LogP contribution in [-0.2, 0) is 6.42 Å². The molecule has 35 heavy (non-hydrogen) atoms. The number of likely N-dealkylation sites (N-methyl/N-ethyl adjacent to an activating group) is 1. The molecule has 2 amide bonds. The first-order chi connectivity index (χ1) is 17.0. The Bertz CT molecular complexity index is 1160. The maximum atomic E-state index is 14.2. The lowest BCUT2D eigenvalue weighted by Gasteiger charge is -2.40. The van der Waals surface area contributed by atoms with Crippen LogP contribution in [0.2, 0.25) is 0 Å². The molecule has 0 N–H and O–H groups in total. The largest absolute Gasteiger partial charge is 0.497 e. The highest BCUT2D eigenvalue weighted by Gasteiger charge is 2.33. The molecule has 4 rings (SSSR count). The fourth-order valence-electron chi connectivity index (χ4n) is 4.80. The van der Waals surface area contributed by atoms with E-state index >= 15 is 0 Å². The van der Waals surface area contributed by atoms with Gasteiger partial charge in [-0.3, -0.25) is 14.6 Å². The number of likely N-dealkylation sites (tertiary alicyclic amines) is 1. The van der Waals surface area contributed by atoms with Gasteiger partial charge in [-0.1, -0.05) is 24.3 Å². The summed E-state index contributed by atoms with van der Waals surface area (Å²) < 4.78 is 19.5. The standard InChI is InChI=1S/C28H30FN3O3/c1-31(27(33)22-8-6-14-30-19-22)26(18-20-7-5-9-23(17-20)35-2)21-12-15-32(16-13-21)28(34)24-10-3-4-11-25(24)29/h3-11,14,17,19,21,26H,12-13,15-16,18H2,1-2H3/t26-/m0/s1. The second kappa shape index (κ2) is 11.1. The summed E-state index contributed by atoms with van der Waals surface area (Å²) >= 11 is 0. The van der Waals surface area contributed by atoms with E-state index in [1.165, 1.54) is 12.1 Å². The molecule has 1 atom stereocenters. The van der Waals surface area contributed by atoms with Gasteiger partial charge in [0.25, 0.3) is 11.8 Å². The highest BCUT2D eigenvalue weighted by molar-refractivity contribution is 5.95. The summed E-state index contributed by atoms with van der Waals surface area (Å²) in [6.07, 6.45) is 5.33. The molecule has 0 saturated carbocycles. The smallest absolute Gasteiger partial charge is 0.256 e. The van der Waals surface area contributed by atoms with Crippen LogP contribution in [0.4, 0.5) is 4.39 Å². The van der Waals surface area contributed by atoms with Crippen LogP contribution < -0.4 is 4.74 Å². The number of benzene rings is 2. The maximum absolute atomic E-state index is 14.2. The van der Waals surface area contributed by atoms with Crippen LogP contribution in [0.3, 0.4) is 0 Å². The van der Waals surface area contributed by atoms with Crippen LogP contribution in [0.1, 0.15) is 39.1 Å². The molecule has 1 aliphatic heterocycles. The van der Waals surface area contributed by atoms with Gasteiger partial charge < -0.3 is 14.5 Å². The van der Waals surface area contributed by atoms with E-state index in [2.05, 4.69) is 4.98 Å². The number of halogens is 1. The highest BCUT2D eigenvalue weighted by atomic mass is 19.1. The molecule has 0 aliphatic carbocycles. The molecule has 182 valence electrons. The van der Waals surface area contributed by atoms with Crippen LogP contribution in [0, 0.1) is 11.7 Å². The van der Waals surface area contributed by atoms with Gasteiger partial charge in [0.2, 0.25) is 0 Å². The van der Waals surface area contributed by atoms with Crippen molar-refractivity contribution in [2.75, 3.05) is 27.2 Å². The molecule has 1 saturated heterocycles. The predicted octanol–water partition coefficient (Wildman–Crippen LogP) is 4.47. The fourth-order valence-corrected chi connectivity index (χ4v) is 4.80. The number of carbonyl (C=O) groups is 2. The monoisotopic (exact) mass is 475 g/mol. The zero-order chi connectivity index (χ0) is 24.8. The van der Waals surface area contributed by atoms with E-state index in [0.717, 1.165) is 24.2 Å². The minimum absolute atomic E-state index is 0.0828. The van der Waals surface area contributed by atoms with Gasteiger partial charge in [0.1, 0.15) is 11.6 Å². The number of hydrogen-bond acceptors (Lipinski definition) is 4. The molecule has 6 nitrogen and oxygen atoms in total. The molecule has 0 radical (unpaired) electrons. The van der Waals surface area contributed by atoms with Gasteiger partial charge in [0.15, 0.2) is 0 Å². The quantitative estimate of drug-likeness (QED) is 0.506. The first-order valence-corrected chi connectivity index (χ1v) is 11.8. The molecule has 2 heterocycles. The average Bonchev–Trinajstić information content (AvgIpc) is 2.91. The normalized spacial score (nSPS) is 14.9. The number of nitrogens with zero attached hydrogens (tertiary/aromatic N) is 3. The molecule has 1 fully saturated rings. The van der Waals surface area contributed by atoms with E-state index in [4.69, 9.17) is 4.74 Å². The molecule has 0 unspecified atom stereocenters. The number of rotatable bonds is 7. The highest BCUT2D eigenvalue weighted by Crippen LogP contribution is 2.29. The Hall–Kier alpha value is -3.74. The van der Waals surface area contributed by atoms with Gasteiger partial charge in [0.05, 0.1) is 18.2 Å². The molecular weight excluding hydrogens is 445 g/mol. The molecule has 0 bridgehead atoms. The number of hydrogen-bond donors (Lipinski definition) is 0. The lowest BCUT2D eigenvalue weighted by Crippen LogP contribution is -2.48. The summed E-state index contributed by atoms with van der Waals surface area (Å²) in [4.78, 5) is 33.8. The molecule has 0 spiro atoms. The second-order valence-electron chi connectivity index (χ2n) is 8.89. The summed E-state index contributed by atoms with van der Waals surface area (Å²) in [6, 6.07) is 17.4. The van der Waals surface area contributed by atoms with Crippen molar-refractivity contribution >= 4 is 11.8 Å². The number of methoxy groups -OCH3 is 1. The van der Waals surface area contributed by atoms with Gasteiger partial charge in [-0.15, -0.1) is 0 Å². The van der Waals surface area contributed by atoms with E-state index < -0.39 is 5.82 Å². The van der Waals surface area contributed by atoms with Crippen molar-refractivity contribution in [1.82, 2.24) is 14.8 Å². The van der Waals surface area contributed by atoms with E-state index in [9.17, 15) is 14.0 Å². The zero-order valence-electron chi connectivity index (χ0n) is 20.1. The summed E-state index contributed by atoms with van der Waals surface area (Å²) in [5.41, 5.74) is 1.71. The number of piperidine rings is 1. The first-order valence-electron chi connectivity index (χ1n) is 11.8. The molecule has 1 aromatic heterocycles. The fraction of sp³-hybridized carbons (Fsp3) is 0.321. The topological polar surface area (TPSA) is 62.7 Å². The SMILES string of the molecule is COc1cccc(C[C@@H](C2CCN(C(=O)c3ccccc3F)CC2)N(C)C(=O)c2cccnc2)c1. The molecular formula is C28H30FN3O3. The number of ether oxygens (including phenoxy) is 1. The maximum Gasteiger partial charge on any atom is 0.256 e. The Morgan fingerprint density at radius 2 is 1.89 bits per heavy atom. The third kappa shape index (κ3) is 5.67. The van der Waals surface area contributed by atoms with Gasteiger partial charge in [-0.05, 0) is 67.1 Å². The average molecular weight is 476 g/mol. The number of amides is 2. The summed E-state index contributed by atoms with van der Waals surface area (Å²) in [5, 5.41) is 0. The predicted molar refractivity (Wildman–Crippen MR) is 132 cm³/mol. The van der Waals surface area contributed by atoms with Crippen molar-refractivity contribution in [3.05, 3.63) is 95.6 Å². The number of aromatic nitrogens is 1. The Morgan fingerprint density at radius 3 is 2.57 bits per heavy atom. The minimum Gasteiger partial charge on any atom is -0.497 e. The van der Waals surface area contributed by atoms with Crippen LogP contribution in [-0.4, -0.2) is 59.9 Å². The van der Waals surface area contributed by atoms with Gasteiger partial charge in [-0.2, -0.15) is 0 Å².